The Kier molecular flexibility index (Phi) is 3.38. The Labute approximate surface area is 141 Å². The third-order valence-electron chi connectivity index (χ3n) is 4.06. The summed E-state index contributed by atoms with van der Waals surface area (Å²) in [4.78, 5) is 12.2. The van der Waals surface area contributed by atoms with Gasteiger partial charge in [-0.05, 0) is 42.0 Å². The molecule has 0 saturated heterocycles. The number of aromatic amines is 1. The topological polar surface area (TPSA) is 131 Å². The molecule has 1 atom stereocenters. The standard InChI is InChI=1S/C15H15N7O3/c1-3-25-10-6-8(4-5-9(10)23)13-11-7(2)17-18-14(24)12(11)16-15-19-20-21-22(13)15/h4-6,13,23H,3H2,1-2H3,(H,18,24)(H,16,19,21)/t13-/m1/s1. The highest BCUT2D eigenvalue weighted by Crippen LogP contribution is 2.40. The second-order valence-corrected chi connectivity index (χ2v) is 5.56. The van der Waals surface area contributed by atoms with E-state index in [2.05, 4.69) is 31.0 Å². The van der Waals surface area contributed by atoms with Crippen LogP contribution >= 0.6 is 0 Å². The zero-order valence-electron chi connectivity index (χ0n) is 13.5. The smallest absolute Gasteiger partial charge is 0.288 e. The van der Waals surface area contributed by atoms with Crippen LogP contribution in [0.25, 0.3) is 0 Å². The van der Waals surface area contributed by atoms with Crippen molar-refractivity contribution in [1.82, 2.24) is 30.4 Å². The number of aryl methyl sites for hydroxylation is 1. The molecule has 0 radical (unpaired) electrons. The lowest BCUT2D eigenvalue weighted by Crippen LogP contribution is -2.29. The number of phenols is 1. The van der Waals surface area contributed by atoms with E-state index >= 15 is 0 Å². The highest BCUT2D eigenvalue weighted by atomic mass is 16.5. The number of benzene rings is 1. The summed E-state index contributed by atoms with van der Waals surface area (Å²) in [6, 6.07) is 4.52. The molecule has 0 amide bonds. The van der Waals surface area contributed by atoms with Crippen LogP contribution in [0.15, 0.2) is 23.0 Å². The Morgan fingerprint density at radius 1 is 1.40 bits per heavy atom. The van der Waals surface area contributed by atoms with Crippen LogP contribution in [0.3, 0.4) is 0 Å². The SMILES string of the molecule is CCOc1cc([C@@H]2c3c(C)n[nH]c(=O)c3Nc3nnnn32)ccc1O. The number of ether oxygens (including phenoxy) is 1. The van der Waals surface area contributed by atoms with Crippen LogP contribution < -0.4 is 15.6 Å². The van der Waals surface area contributed by atoms with Crippen molar-refractivity contribution in [3.8, 4) is 11.5 Å². The molecule has 1 aromatic carbocycles. The minimum atomic E-state index is -0.476. The van der Waals surface area contributed by atoms with Gasteiger partial charge in [-0.15, -0.1) is 0 Å². The number of hydrogen-bond donors (Lipinski definition) is 3. The van der Waals surface area contributed by atoms with Gasteiger partial charge < -0.3 is 15.2 Å². The quantitative estimate of drug-likeness (QED) is 0.500. The van der Waals surface area contributed by atoms with Crippen molar-refractivity contribution in [3.05, 3.63) is 45.4 Å². The Bertz CT molecular complexity index is 1010. The van der Waals surface area contributed by atoms with Gasteiger partial charge in [0.15, 0.2) is 11.5 Å². The van der Waals surface area contributed by atoms with E-state index in [1.54, 1.807) is 29.8 Å². The maximum Gasteiger partial charge on any atom is 0.288 e. The molecule has 0 spiro atoms. The van der Waals surface area contributed by atoms with E-state index in [0.717, 1.165) is 5.56 Å². The number of tetrazole rings is 1. The average molecular weight is 341 g/mol. The first-order chi connectivity index (χ1) is 12.1. The minimum absolute atomic E-state index is 0.0393. The van der Waals surface area contributed by atoms with E-state index in [1.807, 2.05) is 6.92 Å². The molecule has 128 valence electrons. The Morgan fingerprint density at radius 2 is 2.24 bits per heavy atom. The van der Waals surface area contributed by atoms with Crippen LogP contribution in [0.2, 0.25) is 0 Å². The number of nitrogens with one attached hydrogen (secondary N) is 2. The molecule has 1 aliphatic rings. The number of aromatic hydroxyl groups is 1. The maximum atomic E-state index is 12.2. The second kappa shape index (κ2) is 5.58. The van der Waals surface area contributed by atoms with Crippen molar-refractivity contribution in [2.75, 3.05) is 11.9 Å². The van der Waals surface area contributed by atoms with E-state index in [9.17, 15) is 9.90 Å². The molecule has 10 nitrogen and oxygen atoms in total. The fourth-order valence-electron chi connectivity index (χ4n) is 2.98. The summed E-state index contributed by atoms with van der Waals surface area (Å²) in [7, 11) is 0. The number of fused-ring (bicyclic) bond motifs is 2. The molecular formula is C15H15N7O3. The zero-order valence-corrected chi connectivity index (χ0v) is 13.5. The molecule has 3 aromatic rings. The molecule has 2 aromatic heterocycles. The number of hydrogen-bond acceptors (Lipinski definition) is 8. The fourth-order valence-corrected chi connectivity index (χ4v) is 2.98. The number of aromatic nitrogens is 6. The second-order valence-electron chi connectivity index (χ2n) is 5.56. The van der Waals surface area contributed by atoms with Crippen molar-refractivity contribution >= 4 is 11.6 Å². The summed E-state index contributed by atoms with van der Waals surface area (Å²) in [6.07, 6.45) is 0. The maximum absolute atomic E-state index is 12.2. The Morgan fingerprint density at radius 3 is 3.04 bits per heavy atom. The van der Waals surface area contributed by atoms with Crippen molar-refractivity contribution in [2.24, 2.45) is 0 Å². The lowest BCUT2D eigenvalue weighted by atomic mass is 9.95. The van der Waals surface area contributed by atoms with Crippen molar-refractivity contribution in [1.29, 1.82) is 0 Å². The third kappa shape index (κ3) is 2.30. The lowest BCUT2D eigenvalue weighted by molar-refractivity contribution is 0.317. The van der Waals surface area contributed by atoms with Crippen LogP contribution in [-0.2, 0) is 0 Å². The predicted molar refractivity (Wildman–Crippen MR) is 87.2 cm³/mol. The molecule has 1 aliphatic heterocycles. The molecular weight excluding hydrogens is 326 g/mol. The first-order valence-electron chi connectivity index (χ1n) is 7.70. The lowest BCUT2D eigenvalue weighted by Gasteiger charge is -2.27. The molecule has 0 unspecified atom stereocenters. The molecule has 0 bridgehead atoms. The molecule has 0 aliphatic carbocycles. The zero-order chi connectivity index (χ0) is 17.6. The van der Waals surface area contributed by atoms with Crippen molar-refractivity contribution < 1.29 is 9.84 Å². The summed E-state index contributed by atoms with van der Waals surface area (Å²) in [5.41, 5.74) is 2.05. The first kappa shape index (κ1) is 15.1. The minimum Gasteiger partial charge on any atom is -0.504 e. The Balaban J connectivity index is 1.96. The van der Waals surface area contributed by atoms with Crippen molar-refractivity contribution in [2.45, 2.75) is 19.9 Å². The summed E-state index contributed by atoms with van der Waals surface area (Å²) >= 11 is 0. The predicted octanol–water partition coefficient (Wildman–Crippen LogP) is 0.864. The average Bonchev–Trinajstić information content (AvgIpc) is 3.07. The van der Waals surface area contributed by atoms with Gasteiger partial charge in [0.1, 0.15) is 11.7 Å². The van der Waals surface area contributed by atoms with Crippen LogP contribution in [0.5, 0.6) is 11.5 Å². The summed E-state index contributed by atoms with van der Waals surface area (Å²) in [5.74, 6) is 0.738. The molecule has 0 fully saturated rings. The van der Waals surface area contributed by atoms with Gasteiger partial charge in [-0.3, -0.25) is 4.79 Å². The number of H-pyrrole nitrogens is 1. The largest absolute Gasteiger partial charge is 0.504 e. The van der Waals surface area contributed by atoms with Gasteiger partial charge in [0.25, 0.3) is 5.56 Å². The monoisotopic (exact) mass is 341 g/mol. The van der Waals surface area contributed by atoms with Crippen LogP contribution in [0, 0.1) is 6.92 Å². The highest BCUT2D eigenvalue weighted by molar-refractivity contribution is 5.65. The van der Waals surface area contributed by atoms with Crippen LogP contribution in [0.1, 0.15) is 29.8 Å². The van der Waals surface area contributed by atoms with Gasteiger partial charge in [0.2, 0.25) is 5.95 Å². The van der Waals surface area contributed by atoms with Crippen LogP contribution in [0.4, 0.5) is 11.6 Å². The number of nitrogens with zero attached hydrogens (tertiary/aromatic N) is 5. The van der Waals surface area contributed by atoms with Gasteiger partial charge in [0, 0.05) is 5.56 Å². The van der Waals surface area contributed by atoms with Crippen LogP contribution in [-0.4, -0.2) is 42.1 Å². The molecule has 4 rings (SSSR count). The fraction of sp³-hybridized carbons (Fsp3) is 0.267. The third-order valence-corrected chi connectivity index (χ3v) is 4.06. The Hall–Kier alpha value is -3.43. The summed E-state index contributed by atoms with van der Waals surface area (Å²) in [6.45, 7) is 4.04. The number of phenolic OH excluding ortho intramolecular Hbond substituents is 1. The molecule has 10 heteroatoms. The van der Waals surface area contributed by atoms with E-state index in [1.165, 1.54) is 0 Å². The van der Waals surface area contributed by atoms with Gasteiger partial charge in [-0.25, -0.2) is 5.10 Å². The van der Waals surface area contributed by atoms with Gasteiger partial charge in [0.05, 0.1) is 12.3 Å². The van der Waals surface area contributed by atoms with Crippen molar-refractivity contribution in [3.63, 3.8) is 0 Å². The molecule has 3 heterocycles. The van der Waals surface area contributed by atoms with Gasteiger partial charge in [-0.2, -0.15) is 9.78 Å². The summed E-state index contributed by atoms with van der Waals surface area (Å²) in [5, 5.41) is 31.1. The van der Waals surface area contributed by atoms with E-state index in [0.29, 0.717) is 35.2 Å². The van der Waals surface area contributed by atoms with E-state index in [4.69, 9.17) is 4.74 Å². The number of rotatable bonds is 3. The summed E-state index contributed by atoms with van der Waals surface area (Å²) < 4.78 is 7.04. The van der Waals surface area contributed by atoms with E-state index < -0.39 is 6.04 Å². The number of anilines is 2. The van der Waals surface area contributed by atoms with Gasteiger partial charge in [-0.1, -0.05) is 11.2 Å². The first-order valence-corrected chi connectivity index (χ1v) is 7.70. The molecule has 0 saturated carbocycles. The normalized spacial score (nSPS) is 15.2. The molecule has 3 N–H and O–H groups in total. The highest BCUT2D eigenvalue weighted by Gasteiger charge is 2.33. The van der Waals surface area contributed by atoms with Gasteiger partial charge >= 0.3 is 0 Å². The van der Waals surface area contributed by atoms with E-state index in [-0.39, 0.29) is 11.3 Å². The molecule has 25 heavy (non-hydrogen) atoms.